The van der Waals surface area contributed by atoms with Crippen molar-refractivity contribution in [3.63, 3.8) is 0 Å². The Kier molecular flexibility index (Phi) is 5.45. The second-order valence-electron chi connectivity index (χ2n) is 4.31. The Labute approximate surface area is 87.8 Å². The van der Waals surface area contributed by atoms with Gasteiger partial charge in [-0.05, 0) is 40.3 Å². The van der Waals surface area contributed by atoms with E-state index < -0.39 is 0 Å². The molecule has 1 rings (SSSR count). The summed E-state index contributed by atoms with van der Waals surface area (Å²) in [5, 5.41) is 3.27. The third-order valence-corrected chi connectivity index (χ3v) is 2.91. The van der Waals surface area contributed by atoms with E-state index in [1.165, 1.54) is 25.9 Å². The van der Waals surface area contributed by atoms with E-state index in [4.69, 9.17) is 4.74 Å². The molecule has 1 fully saturated rings. The van der Waals surface area contributed by atoms with Crippen molar-refractivity contribution in [3.8, 4) is 0 Å². The highest BCUT2D eigenvalue weighted by Crippen LogP contribution is 2.06. The number of hydrogen-bond donors (Lipinski definition) is 1. The zero-order valence-electron chi connectivity index (χ0n) is 9.75. The lowest BCUT2D eigenvalue weighted by Crippen LogP contribution is -2.34. The van der Waals surface area contributed by atoms with Crippen molar-refractivity contribution in [2.45, 2.75) is 38.8 Å². The predicted octanol–water partition coefficient (Wildman–Crippen LogP) is 1.10. The van der Waals surface area contributed by atoms with Crippen molar-refractivity contribution >= 4 is 0 Å². The summed E-state index contributed by atoms with van der Waals surface area (Å²) in [7, 11) is 2.03. The SMILES string of the molecule is CNC(C)CCN1CCCOC(C)C1. The van der Waals surface area contributed by atoms with Crippen LogP contribution in [0, 0.1) is 0 Å². The maximum Gasteiger partial charge on any atom is 0.0673 e. The molecular formula is C11H24N2O. The molecule has 84 valence electrons. The minimum absolute atomic E-state index is 0.405. The number of rotatable bonds is 4. The first-order chi connectivity index (χ1) is 6.72. The molecule has 0 saturated carbocycles. The molecule has 1 heterocycles. The fourth-order valence-electron chi connectivity index (χ4n) is 1.80. The summed E-state index contributed by atoms with van der Waals surface area (Å²) in [6.07, 6.45) is 2.81. The third-order valence-electron chi connectivity index (χ3n) is 2.91. The summed E-state index contributed by atoms with van der Waals surface area (Å²) in [6, 6.07) is 0.620. The third kappa shape index (κ3) is 4.40. The second kappa shape index (κ2) is 6.38. The van der Waals surface area contributed by atoms with Crippen LogP contribution in [0.2, 0.25) is 0 Å². The quantitative estimate of drug-likeness (QED) is 0.735. The van der Waals surface area contributed by atoms with E-state index in [1.54, 1.807) is 0 Å². The van der Waals surface area contributed by atoms with Crippen LogP contribution < -0.4 is 5.32 Å². The van der Waals surface area contributed by atoms with Crippen LogP contribution >= 0.6 is 0 Å². The van der Waals surface area contributed by atoms with Gasteiger partial charge in [-0.2, -0.15) is 0 Å². The van der Waals surface area contributed by atoms with Gasteiger partial charge in [-0.25, -0.2) is 0 Å². The molecule has 2 unspecified atom stereocenters. The molecule has 0 aliphatic carbocycles. The molecular weight excluding hydrogens is 176 g/mol. The van der Waals surface area contributed by atoms with Crippen molar-refractivity contribution in [1.82, 2.24) is 10.2 Å². The standard InChI is InChI=1S/C11H24N2O/c1-10(12-3)5-7-13-6-4-8-14-11(2)9-13/h10-12H,4-9H2,1-3H3. The Bertz CT molecular complexity index is 152. The maximum atomic E-state index is 5.61. The van der Waals surface area contributed by atoms with E-state index in [2.05, 4.69) is 24.1 Å². The van der Waals surface area contributed by atoms with Crippen LogP contribution in [0.1, 0.15) is 26.7 Å². The van der Waals surface area contributed by atoms with Crippen molar-refractivity contribution in [2.75, 3.05) is 33.3 Å². The summed E-state index contributed by atoms with van der Waals surface area (Å²) in [5.74, 6) is 0. The molecule has 0 amide bonds. The topological polar surface area (TPSA) is 24.5 Å². The predicted molar refractivity (Wildman–Crippen MR) is 59.6 cm³/mol. The molecule has 0 spiro atoms. The van der Waals surface area contributed by atoms with Crippen molar-refractivity contribution < 1.29 is 4.74 Å². The van der Waals surface area contributed by atoms with Crippen LogP contribution in [0.25, 0.3) is 0 Å². The first-order valence-electron chi connectivity index (χ1n) is 5.73. The van der Waals surface area contributed by atoms with Crippen molar-refractivity contribution in [1.29, 1.82) is 0 Å². The molecule has 1 N–H and O–H groups in total. The molecule has 0 aromatic carbocycles. The normalized spacial score (nSPS) is 27.2. The smallest absolute Gasteiger partial charge is 0.0673 e. The van der Waals surface area contributed by atoms with Crippen LogP contribution in [0.5, 0.6) is 0 Å². The molecule has 1 saturated heterocycles. The molecule has 1 aliphatic heterocycles. The molecule has 0 aromatic heterocycles. The lowest BCUT2D eigenvalue weighted by molar-refractivity contribution is 0.0673. The van der Waals surface area contributed by atoms with Gasteiger partial charge in [0.15, 0.2) is 0 Å². The molecule has 3 heteroatoms. The van der Waals surface area contributed by atoms with Crippen LogP contribution in [0.3, 0.4) is 0 Å². The summed E-state index contributed by atoms with van der Waals surface area (Å²) in [4.78, 5) is 2.52. The van der Waals surface area contributed by atoms with Crippen LogP contribution in [-0.2, 0) is 4.74 Å². The van der Waals surface area contributed by atoms with Gasteiger partial charge in [0.2, 0.25) is 0 Å². The molecule has 3 nitrogen and oxygen atoms in total. The van der Waals surface area contributed by atoms with Gasteiger partial charge in [-0.15, -0.1) is 0 Å². The number of ether oxygens (including phenoxy) is 1. The van der Waals surface area contributed by atoms with Gasteiger partial charge < -0.3 is 15.0 Å². The van der Waals surface area contributed by atoms with Crippen LogP contribution in [-0.4, -0.2) is 50.3 Å². The van der Waals surface area contributed by atoms with Crippen molar-refractivity contribution in [3.05, 3.63) is 0 Å². The van der Waals surface area contributed by atoms with Gasteiger partial charge in [-0.3, -0.25) is 0 Å². The Hall–Kier alpha value is -0.120. The zero-order valence-corrected chi connectivity index (χ0v) is 9.75. The summed E-state index contributed by atoms with van der Waals surface area (Å²) >= 11 is 0. The van der Waals surface area contributed by atoms with Crippen molar-refractivity contribution in [2.24, 2.45) is 0 Å². The molecule has 0 radical (unpaired) electrons. The van der Waals surface area contributed by atoms with Gasteiger partial charge in [0.25, 0.3) is 0 Å². The number of hydrogen-bond acceptors (Lipinski definition) is 3. The van der Waals surface area contributed by atoms with Gasteiger partial charge in [0.1, 0.15) is 0 Å². The highest BCUT2D eigenvalue weighted by atomic mass is 16.5. The monoisotopic (exact) mass is 200 g/mol. The van der Waals surface area contributed by atoms with Gasteiger partial charge >= 0.3 is 0 Å². The molecule has 1 aliphatic rings. The summed E-state index contributed by atoms with van der Waals surface area (Å²) < 4.78 is 5.61. The fraction of sp³-hybridized carbons (Fsp3) is 1.00. The first kappa shape index (κ1) is 12.0. The Balaban J connectivity index is 2.21. The average Bonchev–Trinajstić information content (AvgIpc) is 2.39. The molecule has 0 aromatic rings. The van der Waals surface area contributed by atoms with Crippen LogP contribution in [0.4, 0.5) is 0 Å². The van der Waals surface area contributed by atoms with Gasteiger partial charge in [0.05, 0.1) is 6.10 Å². The largest absolute Gasteiger partial charge is 0.377 e. The summed E-state index contributed by atoms with van der Waals surface area (Å²) in [5.41, 5.74) is 0. The van der Waals surface area contributed by atoms with E-state index in [0.717, 1.165) is 13.2 Å². The van der Waals surface area contributed by atoms with E-state index >= 15 is 0 Å². The Morgan fingerprint density at radius 1 is 1.57 bits per heavy atom. The fourth-order valence-corrected chi connectivity index (χ4v) is 1.80. The van der Waals surface area contributed by atoms with E-state index in [-0.39, 0.29) is 0 Å². The van der Waals surface area contributed by atoms with Gasteiger partial charge in [-0.1, -0.05) is 0 Å². The van der Waals surface area contributed by atoms with E-state index in [9.17, 15) is 0 Å². The lowest BCUT2D eigenvalue weighted by Gasteiger charge is -2.23. The Morgan fingerprint density at radius 2 is 2.36 bits per heavy atom. The Morgan fingerprint density at radius 3 is 3.07 bits per heavy atom. The average molecular weight is 200 g/mol. The van der Waals surface area contributed by atoms with Gasteiger partial charge in [0, 0.05) is 25.7 Å². The second-order valence-corrected chi connectivity index (χ2v) is 4.31. The summed E-state index contributed by atoms with van der Waals surface area (Å²) in [6.45, 7) is 8.81. The highest BCUT2D eigenvalue weighted by Gasteiger charge is 2.14. The van der Waals surface area contributed by atoms with E-state index in [1.807, 2.05) is 7.05 Å². The van der Waals surface area contributed by atoms with E-state index in [0.29, 0.717) is 12.1 Å². The molecule has 2 atom stereocenters. The first-order valence-corrected chi connectivity index (χ1v) is 5.73. The highest BCUT2D eigenvalue weighted by molar-refractivity contribution is 4.69. The maximum absolute atomic E-state index is 5.61. The zero-order chi connectivity index (χ0) is 10.4. The molecule has 0 bridgehead atoms. The minimum atomic E-state index is 0.405. The minimum Gasteiger partial charge on any atom is -0.377 e. The lowest BCUT2D eigenvalue weighted by atomic mass is 10.2. The number of nitrogens with one attached hydrogen (secondary N) is 1. The van der Waals surface area contributed by atoms with Crippen LogP contribution in [0.15, 0.2) is 0 Å². The number of nitrogens with zero attached hydrogens (tertiary/aromatic N) is 1. The molecule has 14 heavy (non-hydrogen) atoms.